The van der Waals surface area contributed by atoms with Gasteiger partial charge in [0.1, 0.15) is 0 Å². The Balaban J connectivity index is 1.50. The number of fused-ring (bicyclic) bond motifs is 1. The zero-order valence-corrected chi connectivity index (χ0v) is 15.4. The first-order chi connectivity index (χ1) is 13.1. The summed E-state index contributed by atoms with van der Waals surface area (Å²) in [5.41, 5.74) is 0.578. The highest BCUT2D eigenvalue weighted by atomic mass is 32.2. The number of benzene rings is 2. The predicted octanol–water partition coefficient (Wildman–Crippen LogP) is 2.32. The quantitative estimate of drug-likeness (QED) is 0.517. The number of rotatable bonds is 8. The Hall–Kier alpha value is -2.97. The van der Waals surface area contributed by atoms with Crippen LogP contribution in [0, 0.1) is 0 Å². The molecule has 8 heteroatoms. The van der Waals surface area contributed by atoms with E-state index in [2.05, 4.69) is 20.2 Å². The Kier molecular flexibility index (Phi) is 6.00. The average molecular weight is 384 g/mol. The molecule has 0 aliphatic heterocycles. The van der Waals surface area contributed by atoms with E-state index < -0.39 is 10.0 Å². The van der Waals surface area contributed by atoms with Gasteiger partial charge in [-0.1, -0.05) is 48.5 Å². The van der Waals surface area contributed by atoms with Gasteiger partial charge in [-0.25, -0.2) is 18.2 Å². The van der Waals surface area contributed by atoms with Crippen molar-refractivity contribution < 1.29 is 8.42 Å². The Morgan fingerprint density at radius 3 is 2.44 bits per heavy atom. The van der Waals surface area contributed by atoms with E-state index in [1.54, 1.807) is 18.2 Å². The van der Waals surface area contributed by atoms with Crippen LogP contribution in [0.2, 0.25) is 0 Å². The van der Waals surface area contributed by atoms with Crippen LogP contribution in [0.1, 0.15) is 12.0 Å². The van der Waals surface area contributed by atoms with Crippen molar-refractivity contribution in [3.8, 4) is 0 Å². The maximum atomic E-state index is 12.0. The topological polar surface area (TPSA) is 104 Å². The van der Waals surface area contributed by atoms with Crippen molar-refractivity contribution in [2.45, 2.75) is 6.42 Å². The van der Waals surface area contributed by atoms with E-state index in [9.17, 15) is 13.2 Å². The third-order valence-electron chi connectivity index (χ3n) is 3.88. The van der Waals surface area contributed by atoms with Gasteiger partial charge in [0.2, 0.25) is 10.0 Å². The summed E-state index contributed by atoms with van der Waals surface area (Å²) < 4.78 is 26.5. The number of sulfonamides is 1. The monoisotopic (exact) mass is 384 g/mol. The van der Waals surface area contributed by atoms with Crippen molar-refractivity contribution >= 4 is 32.7 Å². The van der Waals surface area contributed by atoms with Crippen molar-refractivity contribution in [3.63, 3.8) is 0 Å². The number of aromatic nitrogens is 2. The highest BCUT2D eigenvalue weighted by Crippen LogP contribution is 2.16. The maximum Gasteiger partial charge on any atom is 0.272 e. The van der Waals surface area contributed by atoms with Gasteiger partial charge in [0.15, 0.2) is 5.82 Å². The predicted molar refractivity (Wildman–Crippen MR) is 108 cm³/mol. The second kappa shape index (κ2) is 8.61. The average Bonchev–Trinajstić information content (AvgIpc) is 2.69. The fourth-order valence-corrected chi connectivity index (χ4v) is 3.40. The van der Waals surface area contributed by atoms with Gasteiger partial charge >= 0.3 is 0 Å². The van der Waals surface area contributed by atoms with Crippen LogP contribution in [0.15, 0.2) is 64.8 Å². The summed E-state index contributed by atoms with van der Waals surface area (Å²) in [6.07, 6.45) is 2.12. The lowest BCUT2D eigenvalue weighted by molar-refractivity contribution is 0.589. The molecule has 3 rings (SSSR count). The molecule has 0 atom stereocenters. The summed E-state index contributed by atoms with van der Waals surface area (Å²) in [6.45, 7) is 0.795. The minimum atomic E-state index is -3.49. The molecule has 3 aromatic rings. The van der Waals surface area contributed by atoms with E-state index in [-0.39, 0.29) is 12.1 Å². The first-order valence-corrected chi connectivity index (χ1v) is 10.0. The highest BCUT2D eigenvalue weighted by molar-refractivity contribution is 7.92. The fraction of sp³-hybridized carbons (Fsp3) is 0.158. The van der Waals surface area contributed by atoms with E-state index in [1.165, 1.54) is 0 Å². The molecule has 3 N–H and O–H groups in total. The molecule has 27 heavy (non-hydrogen) atoms. The molecule has 0 radical (unpaired) electrons. The zero-order chi connectivity index (χ0) is 19.1. The molecule has 2 aromatic carbocycles. The van der Waals surface area contributed by atoms with Crippen LogP contribution in [0.3, 0.4) is 0 Å². The Morgan fingerprint density at radius 2 is 1.67 bits per heavy atom. The van der Waals surface area contributed by atoms with Gasteiger partial charge in [0, 0.05) is 23.9 Å². The van der Waals surface area contributed by atoms with E-state index in [1.807, 2.05) is 42.5 Å². The fourth-order valence-electron chi connectivity index (χ4n) is 2.54. The normalized spacial score (nSPS) is 11.9. The Bertz CT molecular complexity index is 1090. The second-order valence-electron chi connectivity index (χ2n) is 5.88. The van der Waals surface area contributed by atoms with E-state index >= 15 is 0 Å². The maximum absolute atomic E-state index is 12.0. The lowest BCUT2D eigenvalue weighted by atomic mass is 10.2. The lowest BCUT2D eigenvalue weighted by Gasteiger charge is -2.08. The molecule has 1 heterocycles. The number of nitrogens with one attached hydrogen (secondary N) is 3. The molecule has 0 bridgehead atoms. The molecule has 0 saturated heterocycles. The van der Waals surface area contributed by atoms with Gasteiger partial charge in [0.05, 0.1) is 5.39 Å². The van der Waals surface area contributed by atoms with Crippen LogP contribution >= 0.6 is 0 Å². The summed E-state index contributed by atoms with van der Waals surface area (Å²) in [5, 5.41) is 12.0. The smallest absolute Gasteiger partial charge is 0.272 e. The number of anilines is 1. The number of hydrogen-bond acceptors (Lipinski definition) is 5. The van der Waals surface area contributed by atoms with Crippen molar-refractivity contribution in [2.75, 3.05) is 18.4 Å². The molecule has 0 spiro atoms. The third kappa shape index (κ3) is 5.25. The van der Waals surface area contributed by atoms with Crippen LogP contribution < -0.4 is 15.6 Å². The van der Waals surface area contributed by atoms with Gasteiger partial charge in [0.25, 0.3) is 5.56 Å². The van der Waals surface area contributed by atoms with Gasteiger partial charge in [-0.3, -0.25) is 4.79 Å². The molecule has 7 nitrogen and oxygen atoms in total. The first-order valence-electron chi connectivity index (χ1n) is 8.49. The van der Waals surface area contributed by atoms with Crippen LogP contribution in [0.5, 0.6) is 0 Å². The Morgan fingerprint density at radius 1 is 0.963 bits per heavy atom. The molecule has 0 saturated carbocycles. The molecular weight excluding hydrogens is 364 g/mol. The molecule has 1 aromatic heterocycles. The van der Waals surface area contributed by atoms with E-state index in [0.717, 1.165) is 16.4 Å². The largest absolute Gasteiger partial charge is 0.368 e. The molecule has 0 aliphatic rings. The van der Waals surface area contributed by atoms with Crippen molar-refractivity contribution in [1.29, 1.82) is 0 Å². The number of hydrogen-bond donors (Lipinski definition) is 3. The van der Waals surface area contributed by atoms with Gasteiger partial charge in [-0.15, -0.1) is 0 Å². The van der Waals surface area contributed by atoms with Crippen molar-refractivity contribution in [2.24, 2.45) is 0 Å². The van der Waals surface area contributed by atoms with Crippen LogP contribution in [0.25, 0.3) is 16.8 Å². The van der Waals surface area contributed by atoms with E-state index in [4.69, 9.17) is 0 Å². The van der Waals surface area contributed by atoms with Crippen LogP contribution in [-0.2, 0) is 10.0 Å². The van der Waals surface area contributed by atoms with Crippen molar-refractivity contribution in [3.05, 3.63) is 75.9 Å². The van der Waals surface area contributed by atoms with Gasteiger partial charge in [-0.05, 0) is 24.1 Å². The van der Waals surface area contributed by atoms with Crippen molar-refractivity contribution in [1.82, 2.24) is 14.9 Å². The lowest BCUT2D eigenvalue weighted by Crippen LogP contribution is -2.24. The van der Waals surface area contributed by atoms with Crippen LogP contribution in [-0.4, -0.2) is 31.7 Å². The Labute approximate surface area is 157 Å². The number of aromatic amines is 1. The molecule has 0 fully saturated rings. The first kappa shape index (κ1) is 18.8. The highest BCUT2D eigenvalue weighted by Gasteiger charge is 2.06. The minimum absolute atomic E-state index is 0.242. The standard InChI is InChI=1S/C19H20N4O3S/c24-19-17-10-5-4-9-16(17)18(22-23-19)20-12-6-13-21-27(25,26)14-11-15-7-2-1-3-8-15/h1-5,7-11,14,21H,6,12-13H2,(H,20,22)(H,23,24)/b14-11+. The summed E-state index contributed by atoms with van der Waals surface area (Å²) in [5.74, 6) is 0.567. The number of nitrogens with zero attached hydrogens (tertiary/aromatic N) is 1. The molecule has 0 unspecified atom stereocenters. The van der Waals surface area contributed by atoms with Gasteiger partial charge < -0.3 is 5.32 Å². The second-order valence-corrected chi connectivity index (χ2v) is 7.53. The molecular formula is C19H20N4O3S. The molecule has 140 valence electrons. The van der Waals surface area contributed by atoms with Gasteiger partial charge in [-0.2, -0.15) is 5.10 Å². The third-order valence-corrected chi connectivity index (χ3v) is 4.99. The zero-order valence-electron chi connectivity index (χ0n) is 14.6. The molecule has 0 aliphatic carbocycles. The number of H-pyrrole nitrogens is 1. The minimum Gasteiger partial charge on any atom is -0.368 e. The van der Waals surface area contributed by atoms with Crippen LogP contribution in [0.4, 0.5) is 5.82 Å². The summed E-state index contributed by atoms with van der Waals surface area (Å²) in [6, 6.07) is 16.4. The summed E-state index contributed by atoms with van der Waals surface area (Å²) >= 11 is 0. The summed E-state index contributed by atoms with van der Waals surface area (Å²) in [4.78, 5) is 11.8. The molecule has 0 amide bonds. The SMILES string of the molecule is O=c1[nH]nc(NCCCNS(=O)(=O)/C=C/c2ccccc2)c2ccccc12. The van der Waals surface area contributed by atoms with E-state index in [0.29, 0.717) is 24.2 Å². The summed E-state index contributed by atoms with van der Waals surface area (Å²) in [7, 11) is -3.49.